The summed E-state index contributed by atoms with van der Waals surface area (Å²) in [7, 11) is 0. The van der Waals surface area contributed by atoms with Crippen LogP contribution < -0.4 is 9.80 Å². The highest BCUT2D eigenvalue weighted by atomic mass is 15.2. The van der Waals surface area contributed by atoms with Crippen LogP contribution in [-0.2, 0) is 16.2 Å². The smallest absolute Gasteiger partial charge is 0.0755 e. The lowest BCUT2D eigenvalue weighted by atomic mass is 9.64. The van der Waals surface area contributed by atoms with E-state index >= 15 is 0 Å². The predicted octanol–water partition coefficient (Wildman–Crippen LogP) is 18.0. The third-order valence-electron chi connectivity index (χ3n) is 17.5. The van der Waals surface area contributed by atoms with Crippen LogP contribution in [0.3, 0.4) is 0 Å². The average molecular weight is 929 g/mol. The fourth-order valence-corrected chi connectivity index (χ4v) is 14.7. The zero-order valence-electron chi connectivity index (χ0n) is 40.6. The normalized spacial score (nSPS) is 15.3. The molecule has 0 saturated heterocycles. The van der Waals surface area contributed by atoms with Gasteiger partial charge < -0.3 is 9.80 Å². The van der Waals surface area contributed by atoms with Crippen LogP contribution in [0.1, 0.15) is 69.5 Å². The second-order valence-corrected chi connectivity index (χ2v) is 21.1. The Morgan fingerprint density at radius 1 is 0.288 bits per heavy atom. The molecule has 0 bridgehead atoms. The number of benzene rings is 11. The summed E-state index contributed by atoms with van der Waals surface area (Å²) in [5.41, 5.74) is 29.3. The quantitative estimate of drug-likeness (QED) is 0.174. The Morgan fingerprint density at radius 2 is 0.671 bits per heavy atom. The molecule has 0 amide bonds. The van der Waals surface area contributed by atoms with Gasteiger partial charge in [-0.25, -0.2) is 0 Å². The van der Waals surface area contributed by atoms with Gasteiger partial charge >= 0.3 is 0 Å². The van der Waals surface area contributed by atoms with E-state index in [1.54, 1.807) is 0 Å². The molecular weight excluding hydrogens is 881 g/mol. The molecule has 5 aliphatic rings. The van der Waals surface area contributed by atoms with Crippen molar-refractivity contribution in [3.63, 3.8) is 0 Å². The molecule has 4 aliphatic carbocycles. The lowest BCUT2D eigenvalue weighted by Crippen LogP contribution is -2.36. The van der Waals surface area contributed by atoms with Gasteiger partial charge in [-0.15, -0.1) is 0 Å². The molecular formula is C71H48N2. The van der Waals surface area contributed by atoms with Crippen LogP contribution in [0.5, 0.6) is 0 Å². The van der Waals surface area contributed by atoms with Gasteiger partial charge in [-0.2, -0.15) is 0 Å². The Morgan fingerprint density at radius 3 is 1.23 bits per heavy atom. The van der Waals surface area contributed by atoms with E-state index in [0.29, 0.717) is 0 Å². The van der Waals surface area contributed by atoms with Crippen LogP contribution in [0, 0.1) is 0 Å². The highest BCUT2D eigenvalue weighted by Crippen LogP contribution is 2.67. The zero-order valence-corrected chi connectivity index (χ0v) is 40.6. The van der Waals surface area contributed by atoms with Crippen LogP contribution in [0.4, 0.5) is 34.1 Å². The van der Waals surface area contributed by atoms with E-state index in [1.165, 1.54) is 112 Å². The lowest BCUT2D eigenvalue weighted by Gasteiger charge is -2.45. The van der Waals surface area contributed by atoms with Gasteiger partial charge in [0.05, 0.1) is 27.9 Å². The molecule has 11 aromatic rings. The first kappa shape index (κ1) is 40.7. The van der Waals surface area contributed by atoms with E-state index in [0.717, 1.165) is 22.7 Å². The fourth-order valence-electron chi connectivity index (χ4n) is 14.7. The Labute approximate surface area is 426 Å². The van der Waals surface area contributed by atoms with E-state index < -0.39 is 10.8 Å². The number of rotatable bonds is 4. The topological polar surface area (TPSA) is 6.48 Å². The first-order chi connectivity index (χ1) is 36.0. The summed E-state index contributed by atoms with van der Waals surface area (Å²) < 4.78 is 0. The molecule has 16 rings (SSSR count). The van der Waals surface area contributed by atoms with E-state index in [2.05, 4.69) is 278 Å². The van der Waals surface area contributed by atoms with Crippen molar-refractivity contribution in [3.8, 4) is 44.5 Å². The van der Waals surface area contributed by atoms with Gasteiger partial charge in [0.25, 0.3) is 0 Å². The van der Waals surface area contributed by atoms with E-state index in [9.17, 15) is 0 Å². The molecule has 11 aromatic carbocycles. The summed E-state index contributed by atoms with van der Waals surface area (Å²) >= 11 is 0. The molecule has 2 heteroatoms. The first-order valence-corrected chi connectivity index (χ1v) is 25.8. The minimum Gasteiger partial charge on any atom is -0.310 e. The summed E-state index contributed by atoms with van der Waals surface area (Å²) in [4.78, 5) is 5.07. The standard InChI is InChI=1S/C71H48N2/c1-69(2)55-28-11-6-23-48(55)52-41-39-46(43-63(52)69)72(47-40-42-53-51-26-9-14-31-58(51)70(64(53)44-47)56-29-12-7-24-49(56)50-25-8-13-30-57(50)70)67-38-20-35-62-68(67)54-27-10-15-32-59(54)71(62)60-33-16-18-36-65(60)73(45-21-4-3-5-22-45)66-37-19-17-34-61(66)71/h3-44H,1-2H3. The van der Waals surface area contributed by atoms with E-state index in [-0.39, 0.29) is 5.41 Å². The molecule has 1 heterocycles. The van der Waals surface area contributed by atoms with Gasteiger partial charge in [-0.05, 0) is 149 Å². The van der Waals surface area contributed by atoms with Crippen molar-refractivity contribution in [1.82, 2.24) is 0 Å². The van der Waals surface area contributed by atoms with Gasteiger partial charge in [0.2, 0.25) is 0 Å². The van der Waals surface area contributed by atoms with Crippen LogP contribution in [0.2, 0.25) is 0 Å². The number of para-hydroxylation sites is 3. The monoisotopic (exact) mass is 928 g/mol. The van der Waals surface area contributed by atoms with Crippen molar-refractivity contribution >= 4 is 34.1 Å². The molecule has 0 fully saturated rings. The zero-order chi connectivity index (χ0) is 48.2. The Balaban J connectivity index is 0.996. The van der Waals surface area contributed by atoms with Crippen molar-refractivity contribution in [1.29, 1.82) is 0 Å². The van der Waals surface area contributed by atoms with Gasteiger partial charge in [0.1, 0.15) is 0 Å². The molecule has 342 valence electrons. The first-order valence-electron chi connectivity index (χ1n) is 25.8. The summed E-state index contributed by atoms with van der Waals surface area (Å²) in [6.45, 7) is 4.79. The Bertz CT molecular complexity index is 4050. The second kappa shape index (κ2) is 14.6. The van der Waals surface area contributed by atoms with E-state index in [1.807, 2.05) is 0 Å². The van der Waals surface area contributed by atoms with Crippen molar-refractivity contribution in [3.05, 3.63) is 310 Å². The van der Waals surface area contributed by atoms with Gasteiger partial charge in [-0.3, -0.25) is 0 Å². The Hall–Kier alpha value is -8.98. The maximum Gasteiger partial charge on any atom is 0.0755 e. The molecule has 0 radical (unpaired) electrons. The summed E-state index contributed by atoms with van der Waals surface area (Å²) in [5.74, 6) is 0. The lowest BCUT2D eigenvalue weighted by molar-refractivity contribution is 0.660. The van der Waals surface area contributed by atoms with Crippen LogP contribution in [0.15, 0.2) is 255 Å². The predicted molar refractivity (Wildman–Crippen MR) is 301 cm³/mol. The highest BCUT2D eigenvalue weighted by molar-refractivity contribution is 6.03. The number of nitrogens with zero attached hydrogens (tertiary/aromatic N) is 2. The molecule has 1 aliphatic heterocycles. The van der Waals surface area contributed by atoms with E-state index in [4.69, 9.17) is 0 Å². The minimum absolute atomic E-state index is 0.191. The fraction of sp³-hybridized carbons (Fsp3) is 0.0704. The number of fused-ring (bicyclic) bond motifs is 22. The van der Waals surface area contributed by atoms with Gasteiger partial charge in [0.15, 0.2) is 0 Å². The van der Waals surface area contributed by atoms with Crippen molar-refractivity contribution < 1.29 is 0 Å². The molecule has 0 unspecified atom stereocenters. The summed E-state index contributed by atoms with van der Waals surface area (Å²) in [6, 6.07) is 96.6. The van der Waals surface area contributed by atoms with Crippen molar-refractivity contribution in [2.75, 3.05) is 9.80 Å². The second-order valence-electron chi connectivity index (χ2n) is 21.1. The van der Waals surface area contributed by atoms with Gasteiger partial charge in [-0.1, -0.05) is 214 Å². The maximum atomic E-state index is 2.61. The van der Waals surface area contributed by atoms with Crippen LogP contribution in [-0.4, -0.2) is 0 Å². The van der Waals surface area contributed by atoms with Crippen molar-refractivity contribution in [2.45, 2.75) is 30.1 Å². The molecule has 0 saturated carbocycles. The summed E-state index contributed by atoms with van der Waals surface area (Å²) in [6.07, 6.45) is 0. The molecule has 0 aromatic heterocycles. The summed E-state index contributed by atoms with van der Waals surface area (Å²) in [5, 5.41) is 0. The maximum absolute atomic E-state index is 2.61. The number of hydrogen-bond acceptors (Lipinski definition) is 2. The highest BCUT2D eigenvalue weighted by Gasteiger charge is 2.54. The van der Waals surface area contributed by atoms with Gasteiger partial charge in [0, 0.05) is 28.0 Å². The largest absolute Gasteiger partial charge is 0.310 e. The van der Waals surface area contributed by atoms with Crippen molar-refractivity contribution in [2.24, 2.45) is 0 Å². The minimum atomic E-state index is -0.603. The third-order valence-corrected chi connectivity index (χ3v) is 17.5. The van der Waals surface area contributed by atoms with Crippen LogP contribution >= 0.6 is 0 Å². The third kappa shape index (κ3) is 5.03. The molecule has 73 heavy (non-hydrogen) atoms. The average Bonchev–Trinajstić information content (AvgIpc) is 4.12. The molecule has 0 N–H and O–H groups in total. The molecule has 0 atom stereocenters. The SMILES string of the molecule is CC1(C)c2ccccc2-c2ccc(N(c3ccc4c(c3)C3(c5ccccc5-c5ccccc53)c3ccccc3-4)c3cccc4c3-c3ccccc3C43c4ccccc4N(c4ccccc4)c4ccccc43)cc21. The van der Waals surface area contributed by atoms with Crippen LogP contribution in [0.25, 0.3) is 44.5 Å². The number of anilines is 6. The number of hydrogen-bond donors (Lipinski definition) is 0. The Kier molecular flexibility index (Phi) is 8.12. The molecule has 2 spiro atoms. The molecule has 2 nitrogen and oxygen atoms in total.